The summed E-state index contributed by atoms with van der Waals surface area (Å²) in [6.45, 7) is 5.82. The Morgan fingerprint density at radius 2 is 1.93 bits per heavy atom. The molecular formula is C12H26N2. The molecule has 0 aromatic rings. The van der Waals surface area contributed by atoms with Gasteiger partial charge in [-0.1, -0.05) is 26.7 Å². The summed E-state index contributed by atoms with van der Waals surface area (Å²) < 4.78 is 0. The van der Waals surface area contributed by atoms with Crippen LogP contribution in [-0.4, -0.2) is 37.6 Å². The van der Waals surface area contributed by atoms with Crippen LogP contribution in [0.4, 0.5) is 0 Å². The molecule has 1 aliphatic rings. The number of likely N-dealkylation sites (N-methyl/N-ethyl adjacent to an activating group) is 2. The fourth-order valence-electron chi connectivity index (χ4n) is 2.69. The third kappa shape index (κ3) is 3.25. The van der Waals surface area contributed by atoms with Crippen LogP contribution in [0.1, 0.15) is 39.5 Å². The molecule has 0 aromatic heterocycles. The van der Waals surface area contributed by atoms with Gasteiger partial charge in [0.15, 0.2) is 0 Å². The number of nitrogens with one attached hydrogen (secondary N) is 1. The van der Waals surface area contributed by atoms with Gasteiger partial charge < -0.3 is 10.2 Å². The Morgan fingerprint density at radius 3 is 2.50 bits per heavy atom. The van der Waals surface area contributed by atoms with Crippen LogP contribution in [0.25, 0.3) is 0 Å². The predicted molar refractivity (Wildman–Crippen MR) is 62.6 cm³/mol. The lowest BCUT2D eigenvalue weighted by Crippen LogP contribution is -2.50. The molecule has 1 N–H and O–H groups in total. The molecule has 1 saturated carbocycles. The zero-order valence-electron chi connectivity index (χ0n) is 10.2. The zero-order chi connectivity index (χ0) is 10.6. The van der Waals surface area contributed by atoms with Gasteiger partial charge in [0, 0.05) is 18.6 Å². The van der Waals surface area contributed by atoms with Crippen LogP contribution in [0.2, 0.25) is 0 Å². The lowest BCUT2D eigenvalue weighted by Gasteiger charge is -2.38. The molecule has 1 rings (SSSR count). The van der Waals surface area contributed by atoms with E-state index in [2.05, 4.69) is 38.2 Å². The van der Waals surface area contributed by atoms with Gasteiger partial charge in [-0.2, -0.15) is 0 Å². The third-order valence-corrected chi connectivity index (χ3v) is 3.32. The lowest BCUT2D eigenvalue weighted by atomic mass is 9.89. The van der Waals surface area contributed by atoms with Gasteiger partial charge in [0.1, 0.15) is 0 Å². The molecule has 2 atom stereocenters. The molecule has 2 heteroatoms. The molecule has 0 amide bonds. The van der Waals surface area contributed by atoms with Gasteiger partial charge in [0.05, 0.1) is 0 Å². The van der Waals surface area contributed by atoms with Crippen LogP contribution in [0.3, 0.4) is 0 Å². The van der Waals surface area contributed by atoms with Gasteiger partial charge in [-0.15, -0.1) is 0 Å². The molecule has 2 nitrogen and oxygen atoms in total. The number of hydrogen-bond acceptors (Lipinski definition) is 2. The molecule has 1 fully saturated rings. The maximum atomic E-state index is 3.47. The van der Waals surface area contributed by atoms with E-state index in [0.717, 1.165) is 12.0 Å². The quantitative estimate of drug-likeness (QED) is 0.744. The van der Waals surface area contributed by atoms with Gasteiger partial charge in [-0.25, -0.2) is 0 Å². The van der Waals surface area contributed by atoms with Gasteiger partial charge in [0.2, 0.25) is 0 Å². The first kappa shape index (κ1) is 12.0. The lowest BCUT2D eigenvalue weighted by molar-refractivity contribution is 0.141. The normalized spacial score (nSPS) is 28.7. The Morgan fingerprint density at radius 1 is 1.29 bits per heavy atom. The van der Waals surface area contributed by atoms with E-state index in [9.17, 15) is 0 Å². The van der Waals surface area contributed by atoms with Crippen molar-refractivity contribution >= 4 is 0 Å². The highest BCUT2D eigenvalue weighted by Crippen LogP contribution is 2.22. The van der Waals surface area contributed by atoms with E-state index in [0.29, 0.717) is 6.04 Å². The van der Waals surface area contributed by atoms with E-state index >= 15 is 0 Å². The Labute approximate surface area is 89.1 Å². The molecule has 0 unspecified atom stereocenters. The molecular weight excluding hydrogens is 172 g/mol. The van der Waals surface area contributed by atoms with E-state index in [1.165, 1.54) is 32.2 Å². The van der Waals surface area contributed by atoms with Crippen LogP contribution in [-0.2, 0) is 0 Å². The summed E-state index contributed by atoms with van der Waals surface area (Å²) in [5.74, 6) is 0.777. The summed E-state index contributed by atoms with van der Waals surface area (Å²) in [5, 5.41) is 3.47. The molecule has 0 aliphatic heterocycles. The van der Waals surface area contributed by atoms with Crippen molar-refractivity contribution in [2.45, 2.75) is 51.6 Å². The SMILES string of the molecule is CN[C@@H]1CCCC[C@H]1N(C)CC(C)C. The fraction of sp³-hybridized carbons (Fsp3) is 1.00. The highest BCUT2D eigenvalue weighted by molar-refractivity contribution is 4.86. The predicted octanol–water partition coefficient (Wildman–Crippen LogP) is 2.10. The first-order chi connectivity index (χ1) is 6.65. The highest BCUT2D eigenvalue weighted by Gasteiger charge is 2.26. The molecule has 84 valence electrons. The Hall–Kier alpha value is -0.0800. The number of nitrogens with zero attached hydrogens (tertiary/aromatic N) is 1. The maximum absolute atomic E-state index is 3.47. The van der Waals surface area contributed by atoms with Crippen LogP contribution >= 0.6 is 0 Å². The summed E-state index contributed by atoms with van der Waals surface area (Å²) in [4.78, 5) is 2.55. The van der Waals surface area contributed by atoms with Crippen molar-refractivity contribution < 1.29 is 0 Å². The van der Waals surface area contributed by atoms with Crippen molar-refractivity contribution in [2.24, 2.45) is 5.92 Å². The maximum Gasteiger partial charge on any atom is 0.0246 e. The minimum atomic E-state index is 0.715. The van der Waals surface area contributed by atoms with Crippen molar-refractivity contribution in [2.75, 3.05) is 20.6 Å². The van der Waals surface area contributed by atoms with E-state index < -0.39 is 0 Å². The monoisotopic (exact) mass is 198 g/mol. The van der Waals surface area contributed by atoms with E-state index in [1.807, 2.05) is 0 Å². The third-order valence-electron chi connectivity index (χ3n) is 3.32. The topological polar surface area (TPSA) is 15.3 Å². The van der Waals surface area contributed by atoms with Crippen LogP contribution in [0.5, 0.6) is 0 Å². The largest absolute Gasteiger partial charge is 0.315 e. The number of rotatable bonds is 4. The Bertz CT molecular complexity index is 156. The first-order valence-electron chi connectivity index (χ1n) is 6.02. The van der Waals surface area contributed by atoms with Crippen LogP contribution in [0, 0.1) is 5.92 Å². The second kappa shape index (κ2) is 5.72. The van der Waals surface area contributed by atoms with Crippen molar-refractivity contribution in [1.82, 2.24) is 10.2 Å². The average Bonchev–Trinajstić information content (AvgIpc) is 2.16. The van der Waals surface area contributed by atoms with Gasteiger partial charge >= 0.3 is 0 Å². The van der Waals surface area contributed by atoms with Crippen molar-refractivity contribution in [3.05, 3.63) is 0 Å². The van der Waals surface area contributed by atoms with E-state index in [4.69, 9.17) is 0 Å². The van der Waals surface area contributed by atoms with Crippen molar-refractivity contribution in [1.29, 1.82) is 0 Å². The van der Waals surface area contributed by atoms with Crippen molar-refractivity contribution in [3.8, 4) is 0 Å². The van der Waals surface area contributed by atoms with E-state index in [-0.39, 0.29) is 0 Å². The smallest absolute Gasteiger partial charge is 0.0246 e. The second-order valence-electron chi connectivity index (χ2n) is 5.08. The molecule has 0 spiro atoms. The molecule has 1 aliphatic carbocycles. The minimum absolute atomic E-state index is 0.715. The summed E-state index contributed by atoms with van der Waals surface area (Å²) in [6, 6.07) is 1.48. The summed E-state index contributed by atoms with van der Waals surface area (Å²) in [5.41, 5.74) is 0. The van der Waals surface area contributed by atoms with Gasteiger partial charge in [-0.3, -0.25) is 0 Å². The molecule has 0 bridgehead atoms. The van der Waals surface area contributed by atoms with Gasteiger partial charge in [0.25, 0.3) is 0 Å². The highest BCUT2D eigenvalue weighted by atomic mass is 15.2. The number of hydrogen-bond donors (Lipinski definition) is 1. The van der Waals surface area contributed by atoms with E-state index in [1.54, 1.807) is 0 Å². The standard InChI is InChI=1S/C12H26N2/c1-10(2)9-14(4)12-8-6-5-7-11(12)13-3/h10-13H,5-9H2,1-4H3/t11-,12-/m1/s1. The molecule has 0 saturated heterocycles. The Balaban J connectivity index is 2.45. The molecule has 0 heterocycles. The summed E-state index contributed by atoms with van der Waals surface area (Å²) in [6.07, 6.45) is 5.53. The Kier molecular flexibility index (Phi) is 4.90. The fourth-order valence-corrected chi connectivity index (χ4v) is 2.69. The summed E-state index contributed by atoms with van der Waals surface area (Å²) >= 11 is 0. The minimum Gasteiger partial charge on any atom is -0.315 e. The molecule has 0 aromatic carbocycles. The van der Waals surface area contributed by atoms with Crippen molar-refractivity contribution in [3.63, 3.8) is 0 Å². The second-order valence-corrected chi connectivity index (χ2v) is 5.08. The summed E-state index contributed by atoms with van der Waals surface area (Å²) in [7, 11) is 4.38. The molecule has 14 heavy (non-hydrogen) atoms. The molecule has 0 radical (unpaired) electrons. The zero-order valence-corrected chi connectivity index (χ0v) is 10.2. The van der Waals surface area contributed by atoms with Gasteiger partial charge in [-0.05, 0) is 32.9 Å². The first-order valence-corrected chi connectivity index (χ1v) is 6.02. The van der Waals surface area contributed by atoms with Crippen LogP contribution in [0.15, 0.2) is 0 Å². The van der Waals surface area contributed by atoms with Crippen LogP contribution < -0.4 is 5.32 Å². The average molecular weight is 198 g/mol.